The van der Waals surface area contributed by atoms with Crippen LogP contribution in [0, 0.1) is 22.5 Å². The average molecular weight is 317 g/mol. The zero-order valence-corrected chi connectivity index (χ0v) is 13.7. The SMILES string of the molecule is Cc1ccc([N+](=O)[O-])c(C(=O)N2CC[C@@]3(CCCN(C)C3)C2)c1. The number of aryl methyl sites for hydroxylation is 1. The maximum absolute atomic E-state index is 12.8. The van der Waals surface area contributed by atoms with Crippen molar-refractivity contribution in [3.05, 3.63) is 39.4 Å². The van der Waals surface area contributed by atoms with Gasteiger partial charge >= 0.3 is 0 Å². The van der Waals surface area contributed by atoms with Gasteiger partial charge in [0.05, 0.1) is 4.92 Å². The molecule has 2 heterocycles. The maximum atomic E-state index is 12.8. The standard InChI is InChI=1S/C17H23N3O3/c1-13-4-5-15(20(22)23)14(10-13)16(21)19-9-7-17(12-19)6-3-8-18(2)11-17/h4-5,10H,3,6-9,11-12H2,1-2H3/t17-/m1/s1. The van der Waals surface area contributed by atoms with Crippen molar-refractivity contribution in [1.29, 1.82) is 0 Å². The Bertz CT molecular complexity index is 646. The average Bonchev–Trinajstić information content (AvgIpc) is 2.89. The normalized spacial score (nSPS) is 25.0. The summed E-state index contributed by atoms with van der Waals surface area (Å²) in [5.41, 5.74) is 1.16. The van der Waals surface area contributed by atoms with E-state index in [0.717, 1.165) is 37.9 Å². The number of carbonyl (C=O) groups is 1. The number of hydrogen-bond donors (Lipinski definition) is 0. The van der Waals surface area contributed by atoms with Crippen LogP contribution in [0.4, 0.5) is 5.69 Å². The van der Waals surface area contributed by atoms with Gasteiger partial charge in [-0.25, -0.2) is 0 Å². The van der Waals surface area contributed by atoms with E-state index < -0.39 is 4.92 Å². The lowest BCUT2D eigenvalue weighted by atomic mass is 9.79. The predicted molar refractivity (Wildman–Crippen MR) is 87.5 cm³/mol. The molecule has 1 atom stereocenters. The highest BCUT2D eigenvalue weighted by molar-refractivity contribution is 5.98. The number of carbonyl (C=O) groups excluding carboxylic acids is 1. The monoisotopic (exact) mass is 317 g/mol. The zero-order chi connectivity index (χ0) is 16.6. The molecule has 1 aromatic carbocycles. The second kappa shape index (κ2) is 5.92. The molecule has 0 radical (unpaired) electrons. The third-order valence-corrected chi connectivity index (χ3v) is 5.16. The molecular weight excluding hydrogens is 294 g/mol. The van der Waals surface area contributed by atoms with Gasteiger partial charge in [-0.15, -0.1) is 0 Å². The first-order valence-electron chi connectivity index (χ1n) is 8.13. The molecule has 3 rings (SSSR count). The number of nitro groups is 1. The van der Waals surface area contributed by atoms with E-state index in [2.05, 4.69) is 11.9 Å². The van der Waals surface area contributed by atoms with Crippen LogP contribution >= 0.6 is 0 Å². The molecule has 1 aromatic rings. The molecule has 6 nitrogen and oxygen atoms in total. The highest BCUT2D eigenvalue weighted by atomic mass is 16.6. The smallest absolute Gasteiger partial charge is 0.282 e. The lowest BCUT2D eigenvalue weighted by Gasteiger charge is -2.38. The molecule has 2 aliphatic rings. The van der Waals surface area contributed by atoms with Crippen LogP contribution in [-0.4, -0.2) is 53.9 Å². The van der Waals surface area contributed by atoms with Crippen molar-refractivity contribution in [1.82, 2.24) is 9.80 Å². The molecule has 2 fully saturated rings. The molecule has 0 unspecified atom stereocenters. The highest BCUT2D eigenvalue weighted by Crippen LogP contribution is 2.39. The number of nitrogens with zero attached hydrogens (tertiary/aromatic N) is 3. The first-order chi connectivity index (χ1) is 10.9. The summed E-state index contributed by atoms with van der Waals surface area (Å²) in [6.07, 6.45) is 3.28. The summed E-state index contributed by atoms with van der Waals surface area (Å²) in [6.45, 7) is 5.37. The van der Waals surface area contributed by atoms with Crippen LogP contribution in [0.2, 0.25) is 0 Å². The lowest BCUT2D eigenvalue weighted by molar-refractivity contribution is -0.385. The van der Waals surface area contributed by atoms with Crippen LogP contribution in [0.15, 0.2) is 18.2 Å². The molecule has 0 saturated carbocycles. The number of hydrogen-bond acceptors (Lipinski definition) is 4. The Labute approximate surface area is 136 Å². The topological polar surface area (TPSA) is 66.7 Å². The van der Waals surface area contributed by atoms with Crippen LogP contribution in [0.3, 0.4) is 0 Å². The van der Waals surface area contributed by atoms with Crippen LogP contribution in [-0.2, 0) is 0 Å². The van der Waals surface area contributed by atoms with E-state index in [9.17, 15) is 14.9 Å². The number of nitro benzene ring substituents is 1. The van der Waals surface area contributed by atoms with E-state index in [1.807, 2.05) is 6.92 Å². The molecule has 6 heteroatoms. The molecule has 2 saturated heterocycles. The van der Waals surface area contributed by atoms with Crippen molar-refractivity contribution >= 4 is 11.6 Å². The second-order valence-corrected chi connectivity index (χ2v) is 7.10. The number of piperidine rings is 1. The fraction of sp³-hybridized carbons (Fsp3) is 0.588. The lowest BCUT2D eigenvalue weighted by Crippen LogP contribution is -2.43. The van der Waals surface area contributed by atoms with E-state index in [1.54, 1.807) is 17.0 Å². The van der Waals surface area contributed by atoms with Crippen molar-refractivity contribution in [3.8, 4) is 0 Å². The molecular formula is C17H23N3O3. The summed E-state index contributed by atoms with van der Waals surface area (Å²) in [5.74, 6) is -0.203. The fourth-order valence-electron chi connectivity index (χ4n) is 4.05. The molecule has 0 aliphatic carbocycles. The maximum Gasteiger partial charge on any atom is 0.282 e. The highest BCUT2D eigenvalue weighted by Gasteiger charge is 2.42. The molecule has 23 heavy (non-hydrogen) atoms. The van der Waals surface area contributed by atoms with E-state index in [1.165, 1.54) is 6.07 Å². The largest absolute Gasteiger partial charge is 0.338 e. The predicted octanol–water partition coefficient (Wildman–Crippen LogP) is 2.46. The Morgan fingerprint density at radius 3 is 2.74 bits per heavy atom. The van der Waals surface area contributed by atoms with Gasteiger partial charge in [0.1, 0.15) is 5.56 Å². The fourth-order valence-corrected chi connectivity index (χ4v) is 4.05. The van der Waals surface area contributed by atoms with Gasteiger partial charge in [0.15, 0.2) is 0 Å². The first kappa shape index (κ1) is 15.9. The van der Waals surface area contributed by atoms with Gasteiger partial charge < -0.3 is 9.80 Å². The summed E-state index contributed by atoms with van der Waals surface area (Å²) < 4.78 is 0. The molecule has 2 aliphatic heterocycles. The quantitative estimate of drug-likeness (QED) is 0.621. The minimum Gasteiger partial charge on any atom is -0.338 e. The van der Waals surface area contributed by atoms with Crippen molar-refractivity contribution < 1.29 is 9.72 Å². The van der Waals surface area contributed by atoms with Gasteiger partial charge in [0.2, 0.25) is 0 Å². The van der Waals surface area contributed by atoms with Crippen LogP contribution < -0.4 is 0 Å². The van der Waals surface area contributed by atoms with E-state index >= 15 is 0 Å². The van der Waals surface area contributed by atoms with Crippen molar-refractivity contribution in [2.24, 2.45) is 5.41 Å². The molecule has 0 bridgehead atoms. The first-order valence-corrected chi connectivity index (χ1v) is 8.13. The molecule has 124 valence electrons. The van der Waals surface area contributed by atoms with Crippen molar-refractivity contribution in [2.75, 3.05) is 33.2 Å². The summed E-state index contributed by atoms with van der Waals surface area (Å²) in [7, 11) is 2.12. The van der Waals surface area contributed by atoms with Gasteiger partial charge in [0.25, 0.3) is 11.6 Å². The van der Waals surface area contributed by atoms with Crippen molar-refractivity contribution in [3.63, 3.8) is 0 Å². The number of benzene rings is 1. The Hall–Kier alpha value is -1.95. The van der Waals surface area contributed by atoms with E-state index in [-0.39, 0.29) is 22.6 Å². The second-order valence-electron chi connectivity index (χ2n) is 7.10. The van der Waals surface area contributed by atoms with E-state index in [4.69, 9.17) is 0 Å². The number of rotatable bonds is 2. The Kier molecular flexibility index (Phi) is 4.10. The number of amides is 1. The summed E-state index contributed by atoms with van der Waals surface area (Å²) in [4.78, 5) is 27.7. The minimum atomic E-state index is -0.465. The zero-order valence-electron chi connectivity index (χ0n) is 13.7. The molecule has 1 amide bonds. The molecule has 0 N–H and O–H groups in total. The Morgan fingerprint density at radius 2 is 2.04 bits per heavy atom. The Morgan fingerprint density at radius 1 is 1.26 bits per heavy atom. The van der Waals surface area contributed by atoms with E-state index in [0.29, 0.717) is 13.1 Å². The van der Waals surface area contributed by atoms with Gasteiger partial charge in [0, 0.05) is 31.1 Å². The van der Waals surface area contributed by atoms with Gasteiger partial charge in [-0.2, -0.15) is 0 Å². The minimum absolute atomic E-state index is 0.0951. The Balaban J connectivity index is 1.82. The third-order valence-electron chi connectivity index (χ3n) is 5.16. The summed E-state index contributed by atoms with van der Waals surface area (Å²) >= 11 is 0. The summed E-state index contributed by atoms with van der Waals surface area (Å²) in [5, 5.41) is 11.2. The summed E-state index contributed by atoms with van der Waals surface area (Å²) in [6, 6.07) is 4.75. The van der Waals surface area contributed by atoms with Crippen molar-refractivity contribution in [2.45, 2.75) is 26.2 Å². The van der Waals surface area contributed by atoms with Crippen LogP contribution in [0.1, 0.15) is 35.2 Å². The molecule has 1 spiro atoms. The van der Waals surface area contributed by atoms with Gasteiger partial charge in [-0.3, -0.25) is 14.9 Å². The van der Waals surface area contributed by atoms with Crippen LogP contribution in [0.5, 0.6) is 0 Å². The number of likely N-dealkylation sites (tertiary alicyclic amines) is 2. The third kappa shape index (κ3) is 3.08. The van der Waals surface area contributed by atoms with Gasteiger partial charge in [-0.1, -0.05) is 6.07 Å². The molecule has 0 aromatic heterocycles. The van der Waals surface area contributed by atoms with Crippen LogP contribution in [0.25, 0.3) is 0 Å². The van der Waals surface area contributed by atoms with Gasteiger partial charge in [-0.05, 0) is 51.4 Å².